The van der Waals surface area contributed by atoms with E-state index in [1.807, 2.05) is 0 Å². The van der Waals surface area contributed by atoms with Gasteiger partial charge in [-0.05, 0) is 56.0 Å². The lowest BCUT2D eigenvalue weighted by Crippen LogP contribution is -1.99. The summed E-state index contributed by atoms with van der Waals surface area (Å²) >= 11 is 0. The van der Waals surface area contributed by atoms with E-state index in [9.17, 15) is 0 Å². The van der Waals surface area contributed by atoms with Gasteiger partial charge in [0.15, 0.2) is 0 Å². The second-order valence-corrected chi connectivity index (χ2v) is 10.8. The van der Waals surface area contributed by atoms with E-state index in [1.165, 1.54) is 59.9 Å². The van der Waals surface area contributed by atoms with E-state index >= 15 is 0 Å². The fraction of sp³-hybridized carbons (Fsp3) is 0.171. The average molecular weight is 479 g/mol. The Hall–Kier alpha value is -4.17. The van der Waals surface area contributed by atoms with Crippen LogP contribution in [0.15, 0.2) is 97.2 Å². The topological polar surface area (TPSA) is 17.3 Å². The van der Waals surface area contributed by atoms with Gasteiger partial charge in [0.1, 0.15) is 5.65 Å². The second-order valence-electron chi connectivity index (χ2n) is 10.8. The number of aromatic nitrogens is 2. The quantitative estimate of drug-likeness (QED) is 0.231. The smallest absolute Gasteiger partial charge is 0.145 e. The lowest BCUT2D eigenvalue weighted by Gasteiger charge is -2.18. The van der Waals surface area contributed by atoms with Gasteiger partial charge in [-0.3, -0.25) is 4.40 Å². The van der Waals surface area contributed by atoms with Crippen LogP contribution in [0.4, 0.5) is 0 Å². The van der Waals surface area contributed by atoms with Crippen LogP contribution < -0.4 is 0 Å². The maximum Gasteiger partial charge on any atom is 0.145 e. The minimum Gasteiger partial charge on any atom is -0.298 e. The van der Waals surface area contributed by atoms with Gasteiger partial charge in [0.2, 0.25) is 0 Å². The van der Waals surface area contributed by atoms with Crippen LogP contribution in [-0.4, -0.2) is 9.38 Å². The minimum absolute atomic E-state index is 0.419. The molecular formula is C35H30N2. The first kappa shape index (κ1) is 22.1. The van der Waals surface area contributed by atoms with Gasteiger partial charge in [0, 0.05) is 22.5 Å². The van der Waals surface area contributed by atoms with Gasteiger partial charge < -0.3 is 0 Å². The molecule has 0 saturated heterocycles. The molecule has 2 heteroatoms. The van der Waals surface area contributed by atoms with Crippen LogP contribution in [0, 0.1) is 0 Å². The zero-order valence-corrected chi connectivity index (χ0v) is 21.8. The van der Waals surface area contributed by atoms with Crippen LogP contribution in [0.5, 0.6) is 0 Å². The zero-order chi connectivity index (χ0) is 25.3. The molecule has 5 aromatic carbocycles. The van der Waals surface area contributed by atoms with E-state index in [0.717, 1.165) is 11.3 Å². The summed E-state index contributed by atoms with van der Waals surface area (Å²) in [7, 11) is 0. The van der Waals surface area contributed by atoms with Crippen molar-refractivity contribution in [1.82, 2.24) is 9.38 Å². The molecule has 0 fully saturated rings. The van der Waals surface area contributed by atoms with Crippen LogP contribution in [0.25, 0.3) is 60.1 Å². The summed E-state index contributed by atoms with van der Waals surface area (Å²) < 4.78 is 2.33. The number of rotatable bonds is 3. The molecule has 0 unspecified atom stereocenters. The van der Waals surface area contributed by atoms with E-state index < -0.39 is 0 Å². The largest absolute Gasteiger partial charge is 0.298 e. The molecule has 0 N–H and O–H groups in total. The van der Waals surface area contributed by atoms with Crippen molar-refractivity contribution in [2.24, 2.45) is 0 Å². The van der Waals surface area contributed by atoms with Crippen molar-refractivity contribution in [3.8, 4) is 11.3 Å². The first-order valence-electron chi connectivity index (χ1n) is 13.3. The van der Waals surface area contributed by atoms with Gasteiger partial charge in [-0.25, -0.2) is 4.98 Å². The maximum absolute atomic E-state index is 5.35. The third kappa shape index (κ3) is 3.22. The fourth-order valence-electron chi connectivity index (χ4n) is 6.18. The molecule has 0 aliphatic heterocycles. The first-order chi connectivity index (χ1) is 18.0. The fourth-order valence-corrected chi connectivity index (χ4v) is 6.18. The highest BCUT2D eigenvalue weighted by atomic mass is 15.0. The van der Waals surface area contributed by atoms with Gasteiger partial charge in [-0.2, -0.15) is 0 Å². The van der Waals surface area contributed by atoms with E-state index in [2.05, 4.69) is 129 Å². The molecular weight excluding hydrogens is 448 g/mol. The van der Waals surface area contributed by atoms with Crippen LogP contribution in [0.1, 0.15) is 50.7 Å². The molecule has 0 amide bonds. The maximum atomic E-state index is 5.35. The van der Waals surface area contributed by atoms with Crippen molar-refractivity contribution < 1.29 is 0 Å². The van der Waals surface area contributed by atoms with Crippen molar-refractivity contribution in [2.45, 2.75) is 39.5 Å². The number of nitrogens with zero attached hydrogens (tertiary/aromatic N) is 2. The standard InChI is InChI=1S/C35H30N2/c1-21(2)25-14-9-15-26(22(3)4)33(25)30-20-37-31-19-18-24-17-16-23-10-5-6-11-27(23)32(24)34(31)28-12-7-8-13-29(28)35(37)36-30/h5-22H,1-4H3. The highest BCUT2D eigenvalue weighted by Gasteiger charge is 2.20. The highest BCUT2D eigenvalue weighted by molar-refractivity contribution is 6.28. The molecule has 0 radical (unpaired) electrons. The third-order valence-corrected chi connectivity index (χ3v) is 7.92. The number of fused-ring (bicyclic) bond motifs is 10. The van der Waals surface area contributed by atoms with Crippen LogP contribution >= 0.6 is 0 Å². The number of imidazole rings is 1. The van der Waals surface area contributed by atoms with Crippen molar-refractivity contribution in [1.29, 1.82) is 0 Å². The summed E-state index contributed by atoms with van der Waals surface area (Å²) in [6, 6.07) is 33.3. The molecule has 0 spiro atoms. The Labute approximate surface area is 217 Å². The summed E-state index contributed by atoms with van der Waals surface area (Å²) in [6.45, 7) is 9.11. The molecule has 0 bridgehead atoms. The van der Waals surface area contributed by atoms with Crippen molar-refractivity contribution >= 4 is 48.9 Å². The summed E-state index contributed by atoms with van der Waals surface area (Å²) in [4.78, 5) is 5.35. The van der Waals surface area contributed by atoms with E-state index in [4.69, 9.17) is 4.98 Å². The van der Waals surface area contributed by atoms with E-state index in [-0.39, 0.29) is 0 Å². The molecule has 7 rings (SSSR count). The Bertz CT molecular complexity index is 1960. The number of hydrogen-bond acceptors (Lipinski definition) is 1. The summed E-state index contributed by atoms with van der Waals surface area (Å²) in [5.41, 5.74) is 7.29. The minimum atomic E-state index is 0.419. The summed E-state index contributed by atoms with van der Waals surface area (Å²) in [5.74, 6) is 0.838. The van der Waals surface area contributed by atoms with Gasteiger partial charge in [-0.15, -0.1) is 0 Å². The van der Waals surface area contributed by atoms with E-state index in [1.54, 1.807) is 0 Å². The predicted octanol–water partition coefficient (Wildman–Crippen LogP) is 9.86. The van der Waals surface area contributed by atoms with Crippen molar-refractivity contribution in [3.05, 3.63) is 108 Å². The molecule has 2 heterocycles. The first-order valence-corrected chi connectivity index (χ1v) is 13.3. The molecule has 7 aromatic rings. The molecule has 180 valence electrons. The Morgan fingerprint density at radius 1 is 0.568 bits per heavy atom. The lowest BCUT2D eigenvalue weighted by molar-refractivity contribution is 0.837. The van der Waals surface area contributed by atoms with Gasteiger partial charge in [0.05, 0.1) is 11.2 Å². The number of pyridine rings is 1. The van der Waals surface area contributed by atoms with E-state index in [0.29, 0.717) is 11.8 Å². The van der Waals surface area contributed by atoms with Crippen molar-refractivity contribution in [2.75, 3.05) is 0 Å². The number of hydrogen-bond donors (Lipinski definition) is 0. The summed E-state index contributed by atoms with van der Waals surface area (Å²) in [6.07, 6.45) is 2.27. The zero-order valence-electron chi connectivity index (χ0n) is 21.8. The Kier molecular flexibility index (Phi) is 4.87. The lowest BCUT2D eigenvalue weighted by atomic mass is 9.87. The monoisotopic (exact) mass is 478 g/mol. The molecule has 0 atom stereocenters. The van der Waals surface area contributed by atoms with Crippen LogP contribution in [-0.2, 0) is 0 Å². The SMILES string of the molecule is CC(C)c1cccc(C(C)C)c1-c1cn2c3ccc4ccc5ccccc5c4c3c3ccccc3c2n1. The van der Waals surface area contributed by atoms with Crippen LogP contribution in [0.3, 0.4) is 0 Å². The number of benzene rings is 5. The molecule has 0 aliphatic rings. The van der Waals surface area contributed by atoms with Gasteiger partial charge in [-0.1, -0.05) is 113 Å². The Balaban J connectivity index is 1.68. The third-order valence-electron chi connectivity index (χ3n) is 7.92. The van der Waals surface area contributed by atoms with Crippen molar-refractivity contribution in [3.63, 3.8) is 0 Å². The highest BCUT2D eigenvalue weighted by Crippen LogP contribution is 2.40. The molecule has 37 heavy (non-hydrogen) atoms. The Morgan fingerprint density at radius 3 is 1.92 bits per heavy atom. The molecule has 0 aliphatic carbocycles. The average Bonchev–Trinajstić information content (AvgIpc) is 3.37. The van der Waals surface area contributed by atoms with Gasteiger partial charge in [0.25, 0.3) is 0 Å². The second kappa shape index (κ2) is 8.18. The summed E-state index contributed by atoms with van der Waals surface area (Å²) in [5, 5.41) is 8.88. The molecule has 2 aromatic heterocycles. The van der Waals surface area contributed by atoms with Crippen LogP contribution in [0.2, 0.25) is 0 Å². The normalized spacial score (nSPS) is 12.3. The molecule has 0 saturated carbocycles. The van der Waals surface area contributed by atoms with Gasteiger partial charge >= 0.3 is 0 Å². The Morgan fingerprint density at radius 2 is 1.19 bits per heavy atom. The molecule has 2 nitrogen and oxygen atoms in total. The predicted molar refractivity (Wildman–Crippen MR) is 159 cm³/mol.